The molecule has 2 aromatic carbocycles. The van der Waals surface area contributed by atoms with Gasteiger partial charge in [-0.15, -0.1) is 0 Å². The lowest BCUT2D eigenvalue weighted by Gasteiger charge is -2.36. The van der Waals surface area contributed by atoms with Crippen molar-refractivity contribution >= 4 is 11.4 Å². The van der Waals surface area contributed by atoms with E-state index in [9.17, 15) is 0 Å². The van der Waals surface area contributed by atoms with Crippen molar-refractivity contribution in [3.8, 4) is 0 Å². The molecule has 1 aliphatic rings. The molecule has 4 nitrogen and oxygen atoms in total. The van der Waals surface area contributed by atoms with Crippen molar-refractivity contribution in [1.29, 1.82) is 0 Å². The number of rotatable bonds is 7. The normalized spacial score (nSPS) is 15.5. The molecule has 0 amide bonds. The van der Waals surface area contributed by atoms with Gasteiger partial charge in [-0.05, 0) is 42.8 Å². The van der Waals surface area contributed by atoms with E-state index < -0.39 is 0 Å². The number of nitrogens with one attached hydrogen (secondary N) is 1. The summed E-state index contributed by atoms with van der Waals surface area (Å²) in [7, 11) is 0. The first-order valence-electron chi connectivity index (χ1n) is 8.90. The van der Waals surface area contributed by atoms with E-state index >= 15 is 0 Å². The second kappa shape index (κ2) is 8.71. The van der Waals surface area contributed by atoms with Crippen molar-refractivity contribution in [2.24, 2.45) is 5.73 Å². The van der Waals surface area contributed by atoms with Crippen LogP contribution in [-0.2, 0) is 6.54 Å². The molecular weight excluding hydrogens is 296 g/mol. The summed E-state index contributed by atoms with van der Waals surface area (Å²) in [6.45, 7) is 7.14. The molecule has 1 heterocycles. The van der Waals surface area contributed by atoms with Gasteiger partial charge in [0.1, 0.15) is 0 Å². The quantitative estimate of drug-likeness (QED) is 0.769. The molecular formula is C20H28N4. The monoisotopic (exact) mass is 324 g/mol. The minimum absolute atomic E-state index is 0.734. The fourth-order valence-electron chi connectivity index (χ4n) is 3.13. The first-order valence-corrected chi connectivity index (χ1v) is 8.90. The lowest BCUT2D eigenvalue weighted by molar-refractivity contribution is 0.250. The third kappa shape index (κ3) is 4.73. The molecule has 0 aromatic heterocycles. The highest BCUT2D eigenvalue weighted by Crippen LogP contribution is 2.20. The second-order valence-corrected chi connectivity index (χ2v) is 6.36. The van der Waals surface area contributed by atoms with Crippen molar-refractivity contribution < 1.29 is 0 Å². The standard InChI is InChI=1S/C20H28N4/c21-11-4-12-22-19-7-9-20(10-8-19)24-15-13-23(14-16-24)17-18-5-2-1-3-6-18/h1-3,5-10,22H,4,11-17,21H2. The van der Waals surface area contributed by atoms with Gasteiger partial charge in [-0.1, -0.05) is 30.3 Å². The highest BCUT2D eigenvalue weighted by Gasteiger charge is 2.17. The predicted molar refractivity (Wildman–Crippen MR) is 103 cm³/mol. The molecule has 1 aliphatic heterocycles. The fourth-order valence-corrected chi connectivity index (χ4v) is 3.13. The third-order valence-corrected chi connectivity index (χ3v) is 4.56. The molecule has 0 atom stereocenters. The third-order valence-electron chi connectivity index (χ3n) is 4.56. The molecule has 0 saturated carbocycles. The minimum atomic E-state index is 0.734. The summed E-state index contributed by atoms with van der Waals surface area (Å²) in [5.74, 6) is 0. The predicted octanol–water partition coefficient (Wildman–Crippen LogP) is 2.77. The largest absolute Gasteiger partial charge is 0.385 e. The Morgan fingerprint density at radius 1 is 0.875 bits per heavy atom. The van der Waals surface area contributed by atoms with Crippen LogP contribution in [0, 0.1) is 0 Å². The zero-order valence-corrected chi connectivity index (χ0v) is 14.3. The zero-order valence-electron chi connectivity index (χ0n) is 14.3. The van der Waals surface area contributed by atoms with Crippen molar-refractivity contribution in [3.05, 3.63) is 60.2 Å². The lowest BCUT2D eigenvalue weighted by Crippen LogP contribution is -2.45. The highest BCUT2D eigenvalue weighted by molar-refractivity contribution is 5.55. The molecule has 0 aliphatic carbocycles. The molecule has 0 unspecified atom stereocenters. The number of hydrogen-bond acceptors (Lipinski definition) is 4. The van der Waals surface area contributed by atoms with Crippen LogP contribution in [0.15, 0.2) is 54.6 Å². The Balaban J connectivity index is 1.47. The molecule has 128 valence electrons. The van der Waals surface area contributed by atoms with Gasteiger partial charge in [0.05, 0.1) is 0 Å². The van der Waals surface area contributed by atoms with Crippen molar-refractivity contribution in [2.45, 2.75) is 13.0 Å². The zero-order chi connectivity index (χ0) is 16.6. The molecule has 0 radical (unpaired) electrons. The molecule has 1 saturated heterocycles. The van der Waals surface area contributed by atoms with E-state index in [4.69, 9.17) is 5.73 Å². The minimum Gasteiger partial charge on any atom is -0.385 e. The summed E-state index contributed by atoms with van der Waals surface area (Å²) >= 11 is 0. The summed E-state index contributed by atoms with van der Waals surface area (Å²) < 4.78 is 0. The Bertz CT molecular complexity index is 589. The summed E-state index contributed by atoms with van der Waals surface area (Å²) in [4.78, 5) is 5.01. The van der Waals surface area contributed by atoms with Gasteiger partial charge in [0.15, 0.2) is 0 Å². The Morgan fingerprint density at radius 2 is 1.58 bits per heavy atom. The van der Waals surface area contributed by atoms with Gasteiger partial charge in [-0.25, -0.2) is 0 Å². The molecule has 24 heavy (non-hydrogen) atoms. The second-order valence-electron chi connectivity index (χ2n) is 6.36. The van der Waals surface area contributed by atoms with Crippen molar-refractivity contribution in [3.63, 3.8) is 0 Å². The summed E-state index contributed by atoms with van der Waals surface area (Å²) in [6.07, 6.45) is 1.01. The average molecular weight is 324 g/mol. The van der Waals surface area contributed by atoms with Crippen LogP contribution >= 0.6 is 0 Å². The van der Waals surface area contributed by atoms with Crippen molar-refractivity contribution in [1.82, 2.24) is 4.90 Å². The first kappa shape index (κ1) is 16.8. The molecule has 3 N–H and O–H groups in total. The molecule has 0 bridgehead atoms. The summed E-state index contributed by atoms with van der Waals surface area (Å²) in [5, 5.41) is 3.40. The Morgan fingerprint density at radius 3 is 2.25 bits per heavy atom. The number of benzene rings is 2. The Labute approximate surface area is 145 Å². The maximum atomic E-state index is 5.52. The van der Waals surface area contributed by atoms with Gasteiger partial charge in [0.25, 0.3) is 0 Å². The molecule has 3 rings (SSSR count). The van der Waals surface area contributed by atoms with E-state index in [0.29, 0.717) is 0 Å². The van der Waals surface area contributed by atoms with Crippen LogP contribution in [0.25, 0.3) is 0 Å². The van der Waals surface area contributed by atoms with E-state index in [1.165, 1.54) is 16.9 Å². The van der Waals surface area contributed by atoms with E-state index in [2.05, 4.69) is 69.7 Å². The SMILES string of the molecule is NCCCNc1ccc(N2CCN(Cc3ccccc3)CC2)cc1. The molecule has 1 fully saturated rings. The van der Waals surface area contributed by atoms with Crippen LogP contribution < -0.4 is 16.0 Å². The van der Waals surface area contributed by atoms with Crippen LogP contribution in [0.2, 0.25) is 0 Å². The first-order chi connectivity index (χ1) is 11.8. The van der Waals surface area contributed by atoms with E-state index in [1.807, 2.05) is 0 Å². The molecule has 0 spiro atoms. The van der Waals surface area contributed by atoms with Gasteiger partial charge in [0.2, 0.25) is 0 Å². The van der Waals surface area contributed by atoms with Crippen LogP contribution in [-0.4, -0.2) is 44.2 Å². The van der Waals surface area contributed by atoms with Crippen LogP contribution in [0.3, 0.4) is 0 Å². The number of piperazine rings is 1. The highest BCUT2D eigenvalue weighted by atomic mass is 15.3. The smallest absolute Gasteiger partial charge is 0.0368 e. The summed E-state index contributed by atoms with van der Waals surface area (Å²) in [6, 6.07) is 19.5. The number of nitrogens with zero attached hydrogens (tertiary/aromatic N) is 2. The van der Waals surface area contributed by atoms with Crippen LogP contribution in [0.1, 0.15) is 12.0 Å². The fraction of sp³-hybridized carbons (Fsp3) is 0.400. The molecule has 2 aromatic rings. The van der Waals surface area contributed by atoms with Gasteiger partial charge in [-0.3, -0.25) is 4.90 Å². The van der Waals surface area contributed by atoms with Crippen LogP contribution in [0.4, 0.5) is 11.4 Å². The average Bonchev–Trinajstić information content (AvgIpc) is 2.64. The molecule has 4 heteroatoms. The van der Waals surface area contributed by atoms with E-state index in [-0.39, 0.29) is 0 Å². The lowest BCUT2D eigenvalue weighted by atomic mass is 10.2. The van der Waals surface area contributed by atoms with Crippen molar-refractivity contribution in [2.75, 3.05) is 49.5 Å². The number of nitrogens with two attached hydrogens (primary N) is 1. The maximum Gasteiger partial charge on any atom is 0.0368 e. The summed E-state index contributed by atoms with van der Waals surface area (Å²) in [5.41, 5.74) is 9.42. The van der Waals surface area contributed by atoms with E-state index in [1.54, 1.807) is 0 Å². The Kier molecular flexibility index (Phi) is 6.10. The van der Waals surface area contributed by atoms with E-state index in [0.717, 1.165) is 52.2 Å². The van der Waals surface area contributed by atoms with Gasteiger partial charge >= 0.3 is 0 Å². The maximum absolute atomic E-state index is 5.52. The number of anilines is 2. The van der Waals surface area contributed by atoms with Gasteiger partial charge < -0.3 is 16.0 Å². The Hall–Kier alpha value is -2.04. The number of hydrogen-bond donors (Lipinski definition) is 2. The van der Waals surface area contributed by atoms with Crippen LogP contribution in [0.5, 0.6) is 0 Å². The van der Waals surface area contributed by atoms with Gasteiger partial charge in [0, 0.05) is 50.6 Å². The topological polar surface area (TPSA) is 44.5 Å². The van der Waals surface area contributed by atoms with Gasteiger partial charge in [-0.2, -0.15) is 0 Å².